The van der Waals surface area contributed by atoms with Crippen molar-refractivity contribution < 1.29 is 29.3 Å². The number of aromatic nitrogens is 2. The average molecular weight is 583 g/mol. The van der Waals surface area contributed by atoms with Crippen molar-refractivity contribution in [3.8, 4) is 0 Å². The van der Waals surface area contributed by atoms with Gasteiger partial charge in [0.2, 0.25) is 0 Å². The lowest BCUT2D eigenvalue weighted by Gasteiger charge is -2.30. The minimum Gasteiger partial charge on any atom is -0.387 e. The van der Waals surface area contributed by atoms with Crippen LogP contribution in [0.15, 0.2) is 84.1 Å². The number of hydrogen-bond acceptors (Lipinski definition) is 10. The van der Waals surface area contributed by atoms with Crippen LogP contribution in [-0.2, 0) is 45.4 Å². The largest absolute Gasteiger partial charge is 0.387 e. The van der Waals surface area contributed by atoms with Crippen molar-refractivity contribution in [3.05, 3.63) is 105 Å². The van der Waals surface area contributed by atoms with Crippen LogP contribution in [0.2, 0.25) is 0 Å². The summed E-state index contributed by atoms with van der Waals surface area (Å²) in [5.74, 6) is -1.30. The number of hydrogen-bond donors (Lipinski definition) is 4. The Morgan fingerprint density at radius 1 is 0.700 bits per heavy atom. The summed E-state index contributed by atoms with van der Waals surface area (Å²) in [6.45, 7) is 0.328. The molecule has 2 amide bonds. The van der Waals surface area contributed by atoms with E-state index in [1.54, 1.807) is 23.4 Å². The highest BCUT2D eigenvalue weighted by molar-refractivity contribution is 7.09. The molecule has 0 saturated heterocycles. The van der Waals surface area contributed by atoms with Crippen molar-refractivity contribution in [1.29, 1.82) is 0 Å². The van der Waals surface area contributed by atoms with Crippen molar-refractivity contribution in [3.63, 3.8) is 0 Å². The van der Waals surface area contributed by atoms with Gasteiger partial charge in [0.15, 0.2) is 12.2 Å². The van der Waals surface area contributed by atoms with Gasteiger partial charge in [-0.1, -0.05) is 60.7 Å². The monoisotopic (exact) mass is 582 g/mol. The lowest BCUT2D eigenvalue weighted by molar-refractivity contribution is -0.170. The molecule has 0 aliphatic carbocycles. The van der Waals surface area contributed by atoms with Crippen molar-refractivity contribution in [2.45, 2.75) is 50.7 Å². The Balaban J connectivity index is 1.50. The first kappa shape index (κ1) is 29.5. The molecule has 0 spiro atoms. The summed E-state index contributed by atoms with van der Waals surface area (Å²) in [5.41, 5.74) is 4.82. The Bertz CT molecular complexity index is 1190. The predicted octanol–water partition coefficient (Wildman–Crippen LogP) is 2.42. The maximum atomic E-state index is 13.2. The minimum atomic E-state index is -1.79. The van der Waals surface area contributed by atoms with E-state index in [9.17, 15) is 19.8 Å². The topological polar surface area (TPSA) is 143 Å². The molecule has 0 bridgehead atoms. The van der Waals surface area contributed by atoms with Gasteiger partial charge in [0.05, 0.1) is 37.3 Å². The second-order valence-electron chi connectivity index (χ2n) is 8.79. The maximum absolute atomic E-state index is 13.2. The van der Waals surface area contributed by atoms with Crippen LogP contribution in [0.5, 0.6) is 0 Å². The number of aliphatic hydroxyl groups is 2. The van der Waals surface area contributed by atoms with E-state index < -0.39 is 36.2 Å². The van der Waals surface area contributed by atoms with E-state index in [1.807, 2.05) is 60.7 Å². The van der Waals surface area contributed by atoms with Gasteiger partial charge in [-0.25, -0.2) is 0 Å². The van der Waals surface area contributed by atoms with E-state index in [4.69, 9.17) is 9.47 Å². The molecule has 0 aliphatic rings. The van der Waals surface area contributed by atoms with Gasteiger partial charge in [0, 0.05) is 22.1 Å². The molecule has 2 heterocycles. The molecule has 0 fully saturated rings. The van der Waals surface area contributed by atoms with Crippen LogP contribution in [0, 0.1) is 0 Å². The summed E-state index contributed by atoms with van der Waals surface area (Å²) < 4.78 is 11.7. The van der Waals surface area contributed by atoms with E-state index >= 15 is 0 Å². The molecule has 2 aromatic carbocycles. The normalized spacial score (nSPS) is 14.2. The highest BCUT2D eigenvalue weighted by Gasteiger charge is 2.40. The molecule has 4 rings (SSSR count). The summed E-state index contributed by atoms with van der Waals surface area (Å²) in [7, 11) is 0. The number of ether oxygens (including phenoxy) is 2. The third kappa shape index (κ3) is 8.74. The van der Waals surface area contributed by atoms with E-state index in [0.717, 1.165) is 20.9 Å². The van der Waals surface area contributed by atoms with Crippen LogP contribution >= 0.6 is 22.7 Å². The number of benzene rings is 2. The number of carbonyl (C=O) groups excluding carboxylic acids is 2. The Morgan fingerprint density at radius 3 is 1.45 bits per heavy atom. The summed E-state index contributed by atoms with van der Waals surface area (Å²) in [4.78, 5) is 36.0. The fourth-order valence-corrected chi connectivity index (χ4v) is 4.81. The summed E-state index contributed by atoms with van der Waals surface area (Å²) in [6, 6.07) is 18.2. The zero-order valence-electron chi connectivity index (χ0n) is 21.5. The highest BCUT2D eigenvalue weighted by Crippen LogP contribution is 2.17. The Morgan fingerprint density at radius 2 is 1.10 bits per heavy atom. The molecule has 0 radical (unpaired) electrons. The van der Waals surface area contributed by atoms with Crippen molar-refractivity contribution in [2.75, 3.05) is 0 Å². The number of thiazole rings is 2. The lowest BCUT2D eigenvalue weighted by Crippen LogP contribution is -2.55. The van der Waals surface area contributed by atoms with Gasteiger partial charge in [0.25, 0.3) is 11.8 Å². The van der Waals surface area contributed by atoms with Crippen molar-refractivity contribution in [2.24, 2.45) is 0 Å². The number of rotatable bonds is 15. The highest BCUT2D eigenvalue weighted by atomic mass is 32.1. The van der Waals surface area contributed by atoms with Gasteiger partial charge in [-0.3, -0.25) is 19.6 Å². The average Bonchev–Trinajstić information content (AvgIpc) is 3.71. The third-order valence-electron chi connectivity index (χ3n) is 5.87. The third-order valence-corrected chi connectivity index (χ3v) is 7.43. The molecule has 12 heteroatoms. The number of nitrogens with zero attached hydrogens (tertiary/aromatic N) is 2. The fraction of sp³-hybridized carbons (Fsp3) is 0.286. The molecule has 4 aromatic rings. The lowest BCUT2D eigenvalue weighted by atomic mass is 10.0. The van der Waals surface area contributed by atoms with E-state index in [1.165, 1.54) is 22.7 Å². The first-order valence-corrected chi connectivity index (χ1v) is 14.2. The number of aliphatic hydroxyl groups excluding tert-OH is 2. The van der Waals surface area contributed by atoms with Crippen LogP contribution in [0.1, 0.15) is 20.9 Å². The molecule has 40 heavy (non-hydrogen) atoms. The van der Waals surface area contributed by atoms with E-state index in [-0.39, 0.29) is 26.3 Å². The molecule has 210 valence electrons. The predicted molar refractivity (Wildman–Crippen MR) is 150 cm³/mol. The quantitative estimate of drug-likeness (QED) is 0.167. The van der Waals surface area contributed by atoms with Crippen LogP contribution in [0.3, 0.4) is 0 Å². The molecule has 2 aromatic heterocycles. The van der Waals surface area contributed by atoms with Crippen LogP contribution in [0.4, 0.5) is 0 Å². The van der Waals surface area contributed by atoms with E-state index in [0.29, 0.717) is 0 Å². The summed E-state index contributed by atoms with van der Waals surface area (Å²) in [6.07, 6.45) is -3.34. The van der Waals surface area contributed by atoms with Gasteiger partial charge in [-0.05, 0) is 11.1 Å². The zero-order chi connectivity index (χ0) is 28.2. The van der Waals surface area contributed by atoms with Crippen LogP contribution in [0.25, 0.3) is 0 Å². The first-order valence-electron chi connectivity index (χ1n) is 12.5. The SMILES string of the molecule is O=C(NCc1cncs1)[C@H](OCc1ccccc1)[C@H](O)[C@@H](O)[C@@H](OCc1ccccc1)C(=O)NCc1cncs1. The molecule has 0 saturated carbocycles. The Labute approximate surface area is 239 Å². The van der Waals surface area contributed by atoms with Crippen LogP contribution < -0.4 is 10.6 Å². The van der Waals surface area contributed by atoms with Gasteiger partial charge in [-0.2, -0.15) is 0 Å². The number of carbonyl (C=O) groups is 2. The number of nitrogens with one attached hydrogen (secondary N) is 2. The number of amides is 2. The minimum absolute atomic E-state index is 0.00359. The molecule has 4 N–H and O–H groups in total. The molecule has 0 aliphatic heterocycles. The van der Waals surface area contributed by atoms with Crippen molar-refractivity contribution in [1.82, 2.24) is 20.6 Å². The van der Waals surface area contributed by atoms with Gasteiger partial charge >= 0.3 is 0 Å². The Hall–Kier alpha value is -3.52. The molecular formula is C28H30N4O6S2. The Kier molecular flexibility index (Phi) is 11.3. The zero-order valence-corrected chi connectivity index (χ0v) is 23.1. The molecular weight excluding hydrogens is 552 g/mol. The summed E-state index contributed by atoms with van der Waals surface area (Å²) >= 11 is 2.73. The smallest absolute Gasteiger partial charge is 0.252 e. The second kappa shape index (κ2) is 15.3. The molecule has 0 unspecified atom stereocenters. The van der Waals surface area contributed by atoms with E-state index in [2.05, 4.69) is 20.6 Å². The van der Waals surface area contributed by atoms with Crippen LogP contribution in [-0.4, -0.2) is 56.4 Å². The second-order valence-corrected chi connectivity index (χ2v) is 10.7. The van der Waals surface area contributed by atoms with Gasteiger partial charge in [0.1, 0.15) is 12.2 Å². The summed E-state index contributed by atoms with van der Waals surface area (Å²) in [5, 5.41) is 27.9. The fourth-order valence-electron chi connectivity index (χ4n) is 3.75. The maximum Gasteiger partial charge on any atom is 0.252 e. The van der Waals surface area contributed by atoms with Crippen molar-refractivity contribution >= 4 is 34.5 Å². The standard InChI is InChI=1S/C28H30N4O6S2/c33-23(25(37-15-19-7-3-1-4-8-19)27(35)31-13-21-11-29-17-39-21)24(34)26(38-16-20-9-5-2-6-10-20)28(36)32-14-22-12-30-18-40-22/h1-12,17-18,23-26,33-34H,13-16H2,(H,31,35)(H,32,36)/t23-,24-,25-,26-/m1/s1. The molecule has 10 nitrogen and oxygen atoms in total. The molecule has 4 atom stereocenters. The van der Waals surface area contributed by atoms with Gasteiger partial charge < -0.3 is 30.3 Å². The first-order chi connectivity index (χ1) is 19.5. The van der Waals surface area contributed by atoms with Gasteiger partial charge in [-0.15, -0.1) is 22.7 Å².